The van der Waals surface area contributed by atoms with E-state index in [0.717, 1.165) is 6.42 Å². The molecule has 2 rings (SSSR count). The van der Waals surface area contributed by atoms with E-state index in [0.29, 0.717) is 23.9 Å². The Morgan fingerprint density at radius 2 is 2.14 bits per heavy atom. The van der Waals surface area contributed by atoms with E-state index in [1.165, 1.54) is 10.4 Å². The second-order valence-electron chi connectivity index (χ2n) is 5.41. The van der Waals surface area contributed by atoms with Gasteiger partial charge < -0.3 is 5.73 Å². The maximum atomic E-state index is 12.5. The molecule has 114 valence electrons. The number of nitrogens with two attached hydrogens (primary N) is 1. The summed E-state index contributed by atoms with van der Waals surface area (Å²) in [5.74, 6) is 6.60. The molecule has 1 aliphatic rings. The summed E-state index contributed by atoms with van der Waals surface area (Å²) >= 11 is 6.11. The van der Waals surface area contributed by atoms with Crippen molar-refractivity contribution in [1.29, 1.82) is 0 Å². The Hall–Kier alpha value is -1.06. The predicted molar refractivity (Wildman–Crippen MR) is 84.5 cm³/mol. The first-order chi connectivity index (χ1) is 9.86. The van der Waals surface area contributed by atoms with Crippen molar-refractivity contribution in [2.75, 3.05) is 20.1 Å². The maximum absolute atomic E-state index is 12.5. The molecule has 21 heavy (non-hydrogen) atoms. The molecule has 2 unspecified atom stereocenters. The fourth-order valence-electron chi connectivity index (χ4n) is 2.19. The van der Waals surface area contributed by atoms with Gasteiger partial charge in [-0.25, -0.2) is 12.7 Å². The first kappa shape index (κ1) is 16.3. The second kappa shape index (κ2) is 6.37. The summed E-state index contributed by atoms with van der Waals surface area (Å²) in [6, 6.07) is 4.71. The molecule has 0 radical (unpaired) electrons. The fourth-order valence-corrected chi connectivity index (χ4v) is 3.93. The number of benzene rings is 1. The molecule has 4 nitrogen and oxygen atoms in total. The molecule has 1 aromatic rings. The lowest BCUT2D eigenvalue weighted by molar-refractivity contribution is 0.445. The van der Waals surface area contributed by atoms with Gasteiger partial charge in [-0.1, -0.05) is 30.4 Å². The van der Waals surface area contributed by atoms with E-state index in [4.69, 9.17) is 17.3 Å². The molecule has 1 aromatic carbocycles. The van der Waals surface area contributed by atoms with Crippen molar-refractivity contribution < 1.29 is 8.42 Å². The number of hydrogen-bond acceptors (Lipinski definition) is 3. The molecular formula is C15H19ClN2O2S. The highest BCUT2D eigenvalue weighted by atomic mass is 35.5. The van der Waals surface area contributed by atoms with E-state index in [1.807, 2.05) is 0 Å². The third-order valence-corrected chi connectivity index (χ3v) is 6.03. The van der Waals surface area contributed by atoms with Gasteiger partial charge in [0.2, 0.25) is 10.0 Å². The minimum absolute atomic E-state index is 0.123. The molecule has 0 spiro atoms. The van der Waals surface area contributed by atoms with Crippen molar-refractivity contribution in [2.24, 2.45) is 17.6 Å². The number of nitrogens with zero attached hydrogens (tertiary/aromatic N) is 1. The van der Waals surface area contributed by atoms with Crippen molar-refractivity contribution in [2.45, 2.75) is 18.2 Å². The quantitative estimate of drug-likeness (QED) is 0.860. The van der Waals surface area contributed by atoms with Crippen LogP contribution in [0.15, 0.2) is 23.1 Å². The highest BCUT2D eigenvalue weighted by molar-refractivity contribution is 7.89. The lowest BCUT2D eigenvalue weighted by Crippen LogP contribution is -2.29. The lowest BCUT2D eigenvalue weighted by atomic mass is 10.2. The van der Waals surface area contributed by atoms with Gasteiger partial charge in [-0.2, -0.15) is 0 Å². The van der Waals surface area contributed by atoms with Crippen LogP contribution in [-0.4, -0.2) is 32.9 Å². The molecule has 2 atom stereocenters. The average Bonchev–Trinajstić information content (AvgIpc) is 3.11. The van der Waals surface area contributed by atoms with Crippen LogP contribution in [0.4, 0.5) is 0 Å². The van der Waals surface area contributed by atoms with Crippen molar-refractivity contribution in [3.8, 4) is 11.8 Å². The molecule has 2 N–H and O–H groups in total. The first-order valence-electron chi connectivity index (χ1n) is 6.81. The van der Waals surface area contributed by atoms with Crippen LogP contribution in [0.25, 0.3) is 0 Å². The van der Waals surface area contributed by atoms with Crippen LogP contribution in [0.5, 0.6) is 0 Å². The smallest absolute Gasteiger partial charge is 0.244 e. The minimum Gasteiger partial charge on any atom is -0.320 e. The zero-order valence-electron chi connectivity index (χ0n) is 12.1. The molecular weight excluding hydrogens is 308 g/mol. The topological polar surface area (TPSA) is 63.4 Å². The lowest BCUT2D eigenvalue weighted by Gasteiger charge is -2.18. The molecule has 0 heterocycles. The third kappa shape index (κ3) is 3.78. The Labute approximate surface area is 131 Å². The van der Waals surface area contributed by atoms with E-state index in [-0.39, 0.29) is 16.5 Å². The molecule has 1 saturated carbocycles. The largest absolute Gasteiger partial charge is 0.320 e. The van der Waals surface area contributed by atoms with Crippen LogP contribution in [0.2, 0.25) is 5.02 Å². The van der Waals surface area contributed by atoms with Crippen LogP contribution in [0.3, 0.4) is 0 Å². The molecule has 0 aromatic heterocycles. The standard InChI is InChI=1S/C15H19ClN2O2S/c1-11-8-13(11)10-18(2)21(19,20)15-6-5-12(4-3-7-17)9-14(15)16/h5-6,9,11,13H,7-8,10,17H2,1-2H3. The summed E-state index contributed by atoms with van der Waals surface area (Å²) in [6.45, 7) is 2.91. The van der Waals surface area contributed by atoms with Gasteiger partial charge in [0.15, 0.2) is 0 Å². The summed E-state index contributed by atoms with van der Waals surface area (Å²) in [5, 5.41) is 0.189. The summed E-state index contributed by atoms with van der Waals surface area (Å²) in [7, 11) is -1.96. The van der Waals surface area contributed by atoms with Crippen molar-refractivity contribution in [1.82, 2.24) is 4.31 Å². The van der Waals surface area contributed by atoms with Crippen LogP contribution in [0.1, 0.15) is 18.9 Å². The van der Waals surface area contributed by atoms with E-state index >= 15 is 0 Å². The van der Waals surface area contributed by atoms with E-state index in [9.17, 15) is 8.42 Å². The zero-order valence-corrected chi connectivity index (χ0v) is 13.7. The van der Waals surface area contributed by atoms with Gasteiger partial charge in [0.25, 0.3) is 0 Å². The molecule has 1 aliphatic carbocycles. The minimum atomic E-state index is -3.56. The van der Waals surface area contributed by atoms with Gasteiger partial charge in [0.05, 0.1) is 11.6 Å². The molecule has 0 saturated heterocycles. The molecule has 0 bridgehead atoms. The highest BCUT2D eigenvalue weighted by Gasteiger charge is 2.36. The van der Waals surface area contributed by atoms with Gasteiger partial charge in [-0.05, 0) is 36.5 Å². The van der Waals surface area contributed by atoms with E-state index in [1.54, 1.807) is 19.2 Å². The summed E-state index contributed by atoms with van der Waals surface area (Å²) in [5.41, 5.74) is 5.96. The number of rotatable bonds is 4. The van der Waals surface area contributed by atoms with Crippen LogP contribution >= 0.6 is 11.6 Å². The first-order valence-corrected chi connectivity index (χ1v) is 8.63. The highest BCUT2D eigenvalue weighted by Crippen LogP contribution is 2.39. The van der Waals surface area contributed by atoms with Crippen molar-refractivity contribution in [3.63, 3.8) is 0 Å². The van der Waals surface area contributed by atoms with Crippen LogP contribution < -0.4 is 5.73 Å². The summed E-state index contributed by atoms with van der Waals surface area (Å²) in [4.78, 5) is 0.123. The molecule has 1 fully saturated rings. The SMILES string of the molecule is CC1CC1CN(C)S(=O)(=O)c1ccc(C#CCN)cc1Cl. The Bertz CT molecular complexity index is 691. The number of halogens is 1. The van der Waals surface area contributed by atoms with Crippen LogP contribution in [0, 0.1) is 23.7 Å². The maximum Gasteiger partial charge on any atom is 0.244 e. The zero-order chi connectivity index (χ0) is 15.6. The Morgan fingerprint density at radius 1 is 1.48 bits per heavy atom. The van der Waals surface area contributed by atoms with Gasteiger partial charge in [0.1, 0.15) is 4.90 Å². The summed E-state index contributed by atoms with van der Waals surface area (Å²) < 4.78 is 26.4. The molecule has 0 aliphatic heterocycles. The Kier molecular flexibility index (Phi) is 4.95. The fraction of sp³-hybridized carbons (Fsp3) is 0.467. The normalized spacial score (nSPS) is 21.0. The van der Waals surface area contributed by atoms with E-state index in [2.05, 4.69) is 18.8 Å². The number of sulfonamides is 1. The van der Waals surface area contributed by atoms with E-state index < -0.39 is 10.0 Å². The molecule has 6 heteroatoms. The summed E-state index contributed by atoms with van der Waals surface area (Å²) in [6.07, 6.45) is 1.08. The average molecular weight is 327 g/mol. The Morgan fingerprint density at radius 3 is 2.67 bits per heavy atom. The van der Waals surface area contributed by atoms with Crippen molar-refractivity contribution in [3.05, 3.63) is 28.8 Å². The van der Waals surface area contributed by atoms with Gasteiger partial charge in [0, 0.05) is 19.2 Å². The third-order valence-electron chi connectivity index (χ3n) is 3.72. The van der Waals surface area contributed by atoms with Gasteiger partial charge >= 0.3 is 0 Å². The van der Waals surface area contributed by atoms with Crippen LogP contribution in [-0.2, 0) is 10.0 Å². The monoisotopic (exact) mass is 326 g/mol. The predicted octanol–water partition coefficient (Wildman–Crippen LogP) is 1.93. The molecule has 0 amide bonds. The van der Waals surface area contributed by atoms with Gasteiger partial charge in [-0.15, -0.1) is 0 Å². The second-order valence-corrected chi connectivity index (χ2v) is 7.83. The number of hydrogen-bond donors (Lipinski definition) is 1. The Balaban J connectivity index is 2.23. The van der Waals surface area contributed by atoms with Gasteiger partial charge in [-0.3, -0.25) is 0 Å². The van der Waals surface area contributed by atoms with Crippen molar-refractivity contribution >= 4 is 21.6 Å².